The minimum Gasteiger partial charge on any atom is -0.321 e. The highest BCUT2D eigenvalue weighted by Crippen LogP contribution is 2.37. The average Bonchev–Trinajstić information content (AvgIpc) is 3.87. The summed E-state index contributed by atoms with van der Waals surface area (Å²) in [6, 6.07) is 60.8. The Balaban J connectivity index is 1.13. The van der Waals surface area contributed by atoms with Crippen LogP contribution in [0, 0.1) is 0 Å². The molecule has 7 aromatic carbocycles. The van der Waals surface area contributed by atoms with Crippen molar-refractivity contribution in [2.75, 3.05) is 10.6 Å². The Labute approximate surface area is 427 Å². The molecule has 69 heavy (non-hydrogen) atoms. The normalized spacial score (nSPS) is 15.0. The van der Waals surface area contributed by atoms with E-state index in [9.17, 15) is 9.59 Å². The molecule has 2 heterocycles. The number of nitrogens with one attached hydrogen (secondary N) is 2. The van der Waals surface area contributed by atoms with Crippen LogP contribution in [0.1, 0.15) is 33.4 Å². The van der Waals surface area contributed by atoms with Gasteiger partial charge in [0.05, 0.1) is 22.6 Å². The van der Waals surface area contributed by atoms with Gasteiger partial charge in [0.2, 0.25) is 0 Å². The average molecular weight is 1010 g/mol. The number of benzene rings is 7. The molecule has 2 amide bonds. The molecule has 0 radical (unpaired) electrons. The van der Waals surface area contributed by atoms with Crippen LogP contribution in [0.15, 0.2) is 221 Å². The second-order valence-corrected chi connectivity index (χ2v) is 21.2. The fraction of sp³-hybridized carbons (Fsp3) is 0.0370. The lowest BCUT2D eigenvalue weighted by Gasteiger charge is -2.15. The Morgan fingerprint density at radius 3 is 1.26 bits per heavy atom. The van der Waals surface area contributed by atoms with Crippen LogP contribution in [0.3, 0.4) is 0 Å². The second-order valence-electron chi connectivity index (χ2n) is 15.4. The highest BCUT2D eigenvalue weighted by Gasteiger charge is 2.28. The van der Waals surface area contributed by atoms with E-state index in [1.54, 1.807) is 95.3 Å². The highest BCUT2D eigenvalue weighted by molar-refractivity contribution is 8.72. The zero-order valence-corrected chi connectivity index (χ0v) is 41.3. The van der Waals surface area contributed by atoms with E-state index in [0.29, 0.717) is 75.4 Å². The summed E-state index contributed by atoms with van der Waals surface area (Å²) in [5.74, 6) is 0.775. The van der Waals surface area contributed by atoms with E-state index in [2.05, 4.69) is 47.0 Å². The van der Waals surface area contributed by atoms with Crippen LogP contribution in [-0.2, 0) is 21.1 Å². The predicted octanol–water partition coefficient (Wildman–Crippen LogP) is 13.6. The van der Waals surface area contributed by atoms with Crippen molar-refractivity contribution in [1.29, 1.82) is 0 Å². The first kappa shape index (κ1) is 47.7. The van der Waals surface area contributed by atoms with Gasteiger partial charge in [0.25, 0.3) is 11.8 Å². The number of carbonyl (C=O) groups excluding carboxylic acids is 2. The maximum atomic E-state index is 13.4. The van der Waals surface area contributed by atoms with Gasteiger partial charge >= 0.3 is 5.27 Å². The first-order valence-corrected chi connectivity index (χ1v) is 26.1. The Morgan fingerprint density at radius 1 is 0.478 bits per heavy atom. The van der Waals surface area contributed by atoms with Gasteiger partial charge < -0.3 is 10.6 Å². The van der Waals surface area contributed by atoms with Crippen LogP contribution < -0.4 is 16.1 Å². The molecule has 7 aromatic rings. The molecule has 15 heteroatoms. The number of allylic oxidation sites excluding steroid dienone is 2. The number of fused-ring (bicyclic) bond motifs is 2. The molecule has 2 aliphatic rings. The van der Waals surface area contributed by atoms with Crippen molar-refractivity contribution in [3.63, 3.8) is 0 Å². The van der Waals surface area contributed by atoms with Crippen molar-refractivity contribution < 1.29 is 9.59 Å². The van der Waals surface area contributed by atoms with Crippen LogP contribution in [0.5, 0.6) is 0 Å². The Kier molecular flexibility index (Phi) is 16.1. The summed E-state index contributed by atoms with van der Waals surface area (Å²) in [4.78, 5) is 26.8. The lowest BCUT2D eigenvalue weighted by Crippen LogP contribution is -2.26. The van der Waals surface area contributed by atoms with Gasteiger partial charge in [-0.2, -0.15) is 0 Å². The Bertz CT molecular complexity index is 2980. The standard InChI is InChI=1S/C54H39BCl2N6O2S4/c56-41-26-28-47-43(30-41)45(51(64)58-47)32-49(38-20-10-3-11-21-38)60-62-53(66-34-36-16-6-1-7-17-36)68-55(40-24-14-5-15-25-40)69-54(67-35-37-18-8-2-9-19-37)63-61-50(39-22-12-4-13-23-39)33-46-44-31-42(57)27-29-48(44)59-52(46)65/h1-33H,34-35H2,(H,58,64)(H,59,65)/b45-32-,46-33-,60-49+,61-50+,62-53-,63-54-. The molecule has 0 bridgehead atoms. The fourth-order valence-corrected chi connectivity index (χ4v) is 12.4. The molecule has 0 saturated carbocycles. The third kappa shape index (κ3) is 12.7. The Morgan fingerprint density at radius 2 is 0.855 bits per heavy atom. The number of nitrogens with zero attached hydrogens (tertiary/aromatic N) is 4. The summed E-state index contributed by atoms with van der Waals surface area (Å²) in [7, 11) is 0. The quantitative estimate of drug-likeness (QED) is 0.0392. The number of hydrogen-bond acceptors (Lipinski definition) is 10. The summed E-state index contributed by atoms with van der Waals surface area (Å²) < 4.78 is 1.39. The molecule has 0 saturated heterocycles. The van der Waals surface area contributed by atoms with E-state index < -0.39 is 0 Å². The highest BCUT2D eigenvalue weighted by atomic mass is 35.5. The molecule has 2 N–H and O–H groups in total. The number of amides is 2. The zero-order chi connectivity index (χ0) is 47.4. The number of rotatable bonds is 13. The number of carbonyl (C=O) groups is 2. The third-order valence-electron chi connectivity index (χ3n) is 10.6. The van der Waals surface area contributed by atoms with Gasteiger partial charge in [0.15, 0.2) is 0 Å². The number of anilines is 2. The van der Waals surface area contributed by atoms with Gasteiger partial charge in [-0.05, 0) is 59.7 Å². The van der Waals surface area contributed by atoms with Gasteiger partial charge in [-0.3, -0.25) is 9.59 Å². The summed E-state index contributed by atoms with van der Waals surface area (Å²) in [5.41, 5.74) is 9.53. The minimum atomic E-state index is -0.276. The molecular weight excluding hydrogens is 975 g/mol. The SMILES string of the molecule is O=C1Nc2ccc(Cl)cc2/C1=C/C(=N\N=C(\SCc1ccccc1)SB(S\C(=N/N=C(\C=C1/C(=O)Nc2ccc(Cl)cc21)c1ccccc1)SCc1ccccc1)c1ccccc1)c1ccccc1. The molecule has 0 unspecified atom stereocenters. The number of hydrogen-bond donors (Lipinski definition) is 2. The molecule has 0 spiro atoms. The van der Waals surface area contributed by atoms with E-state index in [-0.39, 0.29) is 17.1 Å². The monoisotopic (exact) mass is 1010 g/mol. The molecule has 0 aliphatic carbocycles. The zero-order valence-electron chi connectivity index (χ0n) is 36.5. The molecule has 2 aliphatic heterocycles. The van der Waals surface area contributed by atoms with Crippen molar-refractivity contribution in [3.05, 3.63) is 244 Å². The lowest BCUT2D eigenvalue weighted by molar-refractivity contribution is -0.111. The van der Waals surface area contributed by atoms with E-state index >= 15 is 0 Å². The molecule has 0 fully saturated rings. The van der Waals surface area contributed by atoms with Crippen LogP contribution in [-0.4, -0.2) is 37.3 Å². The minimum absolute atomic E-state index is 0.247. The van der Waals surface area contributed by atoms with Crippen LogP contribution >= 0.6 is 70.0 Å². The summed E-state index contributed by atoms with van der Waals surface area (Å²) in [5, 5.41) is 26.6. The molecule has 0 aromatic heterocycles. The number of thioether (sulfide) groups is 2. The molecule has 9 rings (SSSR count). The summed E-state index contributed by atoms with van der Waals surface area (Å²) in [6.07, 6.45) is 3.55. The molecule has 338 valence electrons. The van der Waals surface area contributed by atoms with Crippen molar-refractivity contribution in [3.8, 4) is 0 Å². The van der Waals surface area contributed by atoms with Crippen LogP contribution in [0.2, 0.25) is 10.0 Å². The molecule has 8 nitrogen and oxygen atoms in total. The lowest BCUT2D eigenvalue weighted by atomic mass is 9.93. The number of halogens is 2. The van der Waals surface area contributed by atoms with Crippen molar-refractivity contribution in [2.45, 2.75) is 11.5 Å². The molecule has 0 atom stereocenters. The molecular formula is C54H39BCl2N6O2S4. The summed E-state index contributed by atoms with van der Waals surface area (Å²) in [6.45, 7) is 0. The predicted molar refractivity (Wildman–Crippen MR) is 299 cm³/mol. The smallest absolute Gasteiger partial charge is 0.321 e. The van der Waals surface area contributed by atoms with Gasteiger partial charge in [-0.25, -0.2) is 0 Å². The van der Waals surface area contributed by atoms with E-state index in [1.165, 1.54) is 0 Å². The van der Waals surface area contributed by atoms with Crippen molar-refractivity contribution >= 4 is 135 Å². The van der Waals surface area contributed by atoms with Crippen molar-refractivity contribution in [1.82, 2.24) is 0 Å². The van der Waals surface area contributed by atoms with Gasteiger partial charge in [0, 0.05) is 55.2 Å². The Hall–Kier alpha value is -6.32. The van der Waals surface area contributed by atoms with Crippen LogP contribution in [0.4, 0.5) is 11.4 Å². The second kappa shape index (κ2) is 23.3. The van der Waals surface area contributed by atoms with E-state index in [4.69, 9.17) is 43.6 Å². The van der Waals surface area contributed by atoms with Gasteiger partial charge in [-0.15, -0.1) is 43.6 Å². The maximum Gasteiger partial charge on any atom is 0.322 e. The first-order chi connectivity index (χ1) is 33.8. The van der Waals surface area contributed by atoms with E-state index in [0.717, 1.165) is 27.7 Å². The third-order valence-corrected chi connectivity index (χ3v) is 16.1. The first-order valence-electron chi connectivity index (χ1n) is 21.6. The van der Waals surface area contributed by atoms with E-state index in [1.807, 2.05) is 115 Å². The topological polar surface area (TPSA) is 108 Å². The summed E-state index contributed by atoms with van der Waals surface area (Å²) >= 11 is 19.1. The maximum absolute atomic E-state index is 13.4. The van der Waals surface area contributed by atoms with Gasteiger partial charge in [-0.1, -0.05) is 204 Å². The van der Waals surface area contributed by atoms with Gasteiger partial charge in [0.1, 0.15) is 8.75 Å². The largest absolute Gasteiger partial charge is 0.322 e. The van der Waals surface area contributed by atoms with Crippen molar-refractivity contribution in [2.24, 2.45) is 20.4 Å². The van der Waals surface area contributed by atoms with Crippen LogP contribution in [0.25, 0.3) is 11.1 Å². The fourth-order valence-electron chi connectivity index (χ4n) is 7.19.